The zero-order valence-corrected chi connectivity index (χ0v) is 20.1. The normalized spacial score (nSPS) is 8.95. The van der Waals surface area contributed by atoms with Gasteiger partial charge in [-0.05, 0) is 26.7 Å². The first-order valence-corrected chi connectivity index (χ1v) is 8.99. The van der Waals surface area contributed by atoms with Gasteiger partial charge in [0.25, 0.3) is 0 Å². The van der Waals surface area contributed by atoms with Crippen LogP contribution in [0.3, 0.4) is 0 Å². The fourth-order valence-electron chi connectivity index (χ4n) is 1.45. The summed E-state index contributed by atoms with van der Waals surface area (Å²) in [6.07, 6.45) is 4.78. The third-order valence-corrected chi connectivity index (χ3v) is 3.88. The summed E-state index contributed by atoms with van der Waals surface area (Å²) in [5.74, 6) is 0. The first-order chi connectivity index (χ1) is 9.44. The summed E-state index contributed by atoms with van der Waals surface area (Å²) >= 11 is 19.5. The molecule has 0 aromatic rings. The van der Waals surface area contributed by atoms with Crippen LogP contribution in [0.1, 0.15) is 53.4 Å². The fraction of sp³-hybridized carbons (Fsp3) is 0.857. The summed E-state index contributed by atoms with van der Waals surface area (Å²) in [4.78, 5) is 4.10. The maximum Gasteiger partial charge on any atom is 0.0162 e. The molecule has 0 amide bonds. The van der Waals surface area contributed by atoms with Crippen molar-refractivity contribution in [2.24, 2.45) is 0 Å². The van der Waals surface area contributed by atoms with E-state index in [1.165, 1.54) is 25.7 Å². The van der Waals surface area contributed by atoms with Gasteiger partial charge < -0.3 is 59.5 Å². The van der Waals surface area contributed by atoms with Gasteiger partial charge in [-0.25, -0.2) is 0 Å². The molecule has 0 saturated heterocycles. The average molecular weight is 418 g/mol. The number of hydrogen-bond donors (Lipinski definition) is 0. The number of unbranched alkanes of at least 4 members (excludes halogenated alkanes) is 2. The smallest absolute Gasteiger partial charge is 0.0162 e. The van der Waals surface area contributed by atoms with Gasteiger partial charge in [0.15, 0.2) is 0 Å². The van der Waals surface area contributed by atoms with Crippen LogP contribution < -0.4 is 0 Å². The van der Waals surface area contributed by atoms with Crippen molar-refractivity contribution in [2.45, 2.75) is 53.4 Å². The van der Waals surface area contributed by atoms with Crippen molar-refractivity contribution in [3.63, 3.8) is 0 Å². The Bertz CT molecular complexity index is 239. The van der Waals surface area contributed by atoms with Crippen molar-refractivity contribution >= 4 is 58.3 Å². The van der Waals surface area contributed by atoms with E-state index >= 15 is 0 Å². The molecule has 21 heavy (non-hydrogen) atoms. The fourth-order valence-corrected chi connectivity index (χ4v) is 2.34. The third kappa shape index (κ3) is 17.0. The molecule has 0 aromatic carbocycles. The molecule has 0 N–H and O–H groups in total. The van der Waals surface area contributed by atoms with Crippen molar-refractivity contribution in [1.82, 2.24) is 9.80 Å². The van der Waals surface area contributed by atoms with Crippen LogP contribution in [-0.4, -0.2) is 44.6 Å². The van der Waals surface area contributed by atoms with Crippen LogP contribution in [0, 0.1) is 0 Å². The summed E-state index contributed by atoms with van der Waals surface area (Å²) in [7, 11) is 0. The predicted molar refractivity (Wildman–Crippen MR) is 104 cm³/mol. The Kier molecular flexibility index (Phi) is 24.0. The largest absolute Gasteiger partial charge is 0.411 e. The molecule has 7 heteroatoms. The second-order valence-corrected chi connectivity index (χ2v) is 6.46. The van der Waals surface area contributed by atoms with Gasteiger partial charge in [-0.15, -0.1) is 0 Å². The summed E-state index contributed by atoms with van der Waals surface area (Å²) in [6, 6.07) is 0. The summed E-state index contributed by atoms with van der Waals surface area (Å²) in [6.45, 7) is 12.4. The second kappa shape index (κ2) is 18.9. The third-order valence-electron chi connectivity index (χ3n) is 2.84. The molecule has 0 aliphatic rings. The van der Waals surface area contributed by atoms with Crippen molar-refractivity contribution in [1.29, 1.82) is 0 Å². The number of rotatable bonds is 8. The Morgan fingerprint density at radius 1 is 0.762 bits per heavy atom. The molecule has 0 unspecified atom stereocenters. The van der Waals surface area contributed by atoms with Crippen molar-refractivity contribution in [2.75, 3.05) is 26.2 Å². The topological polar surface area (TPSA) is 6.48 Å². The van der Waals surface area contributed by atoms with Gasteiger partial charge in [0.1, 0.15) is 0 Å². The molecule has 0 fully saturated rings. The maximum absolute atomic E-state index is 4.87. The maximum atomic E-state index is 4.87. The molecule has 0 atom stereocenters. The van der Waals surface area contributed by atoms with E-state index < -0.39 is 0 Å². The van der Waals surface area contributed by atoms with Crippen molar-refractivity contribution in [3.8, 4) is 0 Å². The zero-order valence-electron chi connectivity index (χ0n) is 13.9. The van der Waals surface area contributed by atoms with E-state index in [4.69, 9.17) is 49.7 Å². The van der Waals surface area contributed by atoms with E-state index in [1.807, 2.05) is 9.80 Å². The number of nitrogens with zero attached hydrogens (tertiary/aromatic N) is 2. The summed E-state index contributed by atoms with van der Waals surface area (Å²) in [5.41, 5.74) is 0. The van der Waals surface area contributed by atoms with E-state index in [-0.39, 0.29) is 19.5 Å². The Morgan fingerprint density at radius 2 is 1.05 bits per heavy atom. The zero-order chi connectivity index (χ0) is 16.0. The molecule has 0 aliphatic carbocycles. The van der Waals surface area contributed by atoms with E-state index in [0.29, 0.717) is 8.64 Å². The predicted octanol–water partition coefficient (Wildman–Crippen LogP) is 3.88. The molecule has 0 aliphatic heterocycles. The second-order valence-electron chi connectivity index (χ2n) is 4.40. The first-order valence-electron chi connectivity index (χ1n) is 7.36. The number of thiocarbonyl (C=S) groups is 2. The minimum absolute atomic E-state index is 0. The van der Waals surface area contributed by atoms with Gasteiger partial charge in [0.05, 0.1) is 0 Å². The molecular formula is C14H28N2S4Zn-2. The molecule has 0 heterocycles. The van der Waals surface area contributed by atoms with E-state index in [9.17, 15) is 0 Å². The van der Waals surface area contributed by atoms with Crippen LogP contribution in [0.25, 0.3) is 0 Å². The number of hydrogen-bond acceptors (Lipinski definition) is 4. The SMILES string of the molecule is CCCCN(CC)C(=S)[S-].CCCCN(CC)C(=S)[S-].[Zn]. The first kappa shape index (κ1) is 26.7. The van der Waals surface area contributed by atoms with E-state index in [1.54, 1.807) is 0 Å². The molecule has 0 aromatic heterocycles. The minimum Gasteiger partial charge on any atom is -0.411 e. The Morgan fingerprint density at radius 3 is 1.19 bits per heavy atom. The van der Waals surface area contributed by atoms with Crippen LogP contribution in [0.15, 0.2) is 0 Å². The molecule has 2 nitrogen and oxygen atoms in total. The van der Waals surface area contributed by atoms with Gasteiger partial charge in [-0.1, -0.05) is 35.3 Å². The molecular weight excluding hydrogens is 390 g/mol. The Hall–Kier alpha value is 0.843. The standard InChI is InChI=1S/2C7H15NS2.Zn/c2*1-3-5-6-8(4-2)7(9)10;/h2*3-6H2,1-2H3,(H,9,10);/p-2. The van der Waals surface area contributed by atoms with Gasteiger partial charge >= 0.3 is 0 Å². The van der Waals surface area contributed by atoms with Gasteiger partial charge in [-0.2, -0.15) is 0 Å². The van der Waals surface area contributed by atoms with Crippen LogP contribution in [0.4, 0.5) is 0 Å². The molecule has 0 radical (unpaired) electrons. The monoisotopic (exact) mass is 416 g/mol. The van der Waals surface area contributed by atoms with Crippen molar-refractivity contribution in [3.05, 3.63) is 0 Å². The van der Waals surface area contributed by atoms with E-state index in [0.717, 1.165) is 26.2 Å². The minimum atomic E-state index is 0. The van der Waals surface area contributed by atoms with Crippen LogP contribution >= 0.6 is 24.4 Å². The molecule has 0 spiro atoms. The summed E-state index contributed by atoms with van der Waals surface area (Å²) < 4.78 is 1.21. The van der Waals surface area contributed by atoms with E-state index in [2.05, 4.69) is 27.7 Å². The Balaban J connectivity index is -0.000000295. The van der Waals surface area contributed by atoms with Crippen LogP contribution in [-0.2, 0) is 44.7 Å². The molecule has 122 valence electrons. The molecule has 0 bridgehead atoms. The Labute approximate surface area is 166 Å². The van der Waals surface area contributed by atoms with Gasteiger partial charge in [0.2, 0.25) is 0 Å². The quantitative estimate of drug-likeness (QED) is 0.333. The van der Waals surface area contributed by atoms with Crippen LogP contribution in [0.5, 0.6) is 0 Å². The van der Waals surface area contributed by atoms with Crippen molar-refractivity contribution < 1.29 is 19.5 Å². The molecule has 0 saturated carbocycles. The van der Waals surface area contributed by atoms with Gasteiger partial charge in [-0.3, -0.25) is 0 Å². The van der Waals surface area contributed by atoms with Gasteiger partial charge in [0, 0.05) is 45.7 Å². The molecule has 0 rings (SSSR count). The van der Waals surface area contributed by atoms with Crippen LogP contribution in [0.2, 0.25) is 0 Å². The average Bonchev–Trinajstić information content (AvgIpc) is 2.40. The summed E-state index contributed by atoms with van der Waals surface area (Å²) in [5, 5.41) is 0.